The van der Waals surface area contributed by atoms with Crippen molar-refractivity contribution >= 4 is 11.8 Å². The highest BCUT2D eigenvalue weighted by Gasteiger charge is 2.35. The molecule has 1 nitrogen and oxygen atoms in total. The molecule has 0 aromatic rings. The molecule has 1 aliphatic carbocycles. The molecule has 1 heterocycles. The molecule has 0 aromatic carbocycles. The summed E-state index contributed by atoms with van der Waals surface area (Å²) in [7, 11) is 0. The van der Waals surface area contributed by atoms with Gasteiger partial charge in [0.05, 0.1) is 5.37 Å². The summed E-state index contributed by atoms with van der Waals surface area (Å²) in [6.07, 6.45) is 7.08. The van der Waals surface area contributed by atoms with Crippen molar-refractivity contribution in [2.45, 2.75) is 71.2 Å². The first-order valence-corrected chi connectivity index (χ1v) is 8.43. The zero-order valence-electron chi connectivity index (χ0n) is 12.0. The van der Waals surface area contributed by atoms with E-state index in [-0.39, 0.29) is 0 Å². The Morgan fingerprint density at radius 1 is 1.12 bits per heavy atom. The molecule has 1 aliphatic heterocycles. The molecule has 0 aromatic heterocycles. The van der Waals surface area contributed by atoms with E-state index in [0.717, 1.165) is 23.3 Å². The van der Waals surface area contributed by atoms with Crippen LogP contribution in [0.5, 0.6) is 0 Å². The van der Waals surface area contributed by atoms with Crippen LogP contribution in [-0.2, 0) is 0 Å². The molecule has 2 aliphatic rings. The van der Waals surface area contributed by atoms with Gasteiger partial charge >= 0.3 is 0 Å². The van der Waals surface area contributed by atoms with Crippen molar-refractivity contribution < 1.29 is 0 Å². The van der Waals surface area contributed by atoms with E-state index in [1.165, 1.54) is 37.9 Å². The highest BCUT2D eigenvalue weighted by molar-refractivity contribution is 8.00. The summed E-state index contributed by atoms with van der Waals surface area (Å²) in [6, 6.07) is 0.783. The summed E-state index contributed by atoms with van der Waals surface area (Å²) in [5, 5.41) is 4.59. The minimum atomic E-state index is 0.521. The van der Waals surface area contributed by atoms with Crippen LogP contribution in [-0.4, -0.2) is 17.2 Å². The SMILES string of the molecule is CCC1CSC(C2CCC(C(C)(C)C)CC2)N1. The lowest BCUT2D eigenvalue weighted by atomic mass is 9.70. The maximum Gasteiger partial charge on any atom is 0.0563 e. The maximum atomic E-state index is 3.83. The van der Waals surface area contributed by atoms with Crippen molar-refractivity contribution in [1.29, 1.82) is 0 Å². The van der Waals surface area contributed by atoms with Gasteiger partial charge in [-0.05, 0) is 49.4 Å². The fourth-order valence-corrected chi connectivity index (χ4v) is 4.95. The molecule has 100 valence electrons. The molecule has 17 heavy (non-hydrogen) atoms. The van der Waals surface area contributed by atoms with Crippen LogP contribution in [0.2, 0.25) is 0 Å². The van der Waals surface area contributed by atoms with Gasteiger partial charge in [0.15, 0.2) is 0 Å². The predicted molar refractivity (Wildman–Crippen MR) is 78.4 cm³/mol. The Hall–Kier alpha value is 0.310. The van der Waals surface area contributed by atoms with Crippen LogP contribution < -0.4 is 5.32 Å². The van der Waals surface area contributed by atoms with E-state index in [1.54, 1.807) is 0 Å². The first-order valence-electron chi connectivity index (χ1n) is 7.38. The molecular formula is C15H29NS. The van der Waals surface area contributed by atoms with Crippen molar-refractivity contribution in [1.82, 2.24) is 5.32 Å². The van der Waals surface area contributed by atoms with Gasteiger partial charge in [0.1, 0.15) is 0 Å². The van der Waals surface area contributed by atoms with E-state index in [2.05, 4.69) is 44.8 Å². The quantitative estimate of drug-likeness (QED) is 0.790. The molecule has 0 radical (unpaired) electrons. The summed E-state index contributed by atoms with van der Waals surface area (Å²) < 4.78 is 0. The number of hydrogen-bond donors (Lipinski definition) is 1. The van der Waals surface area contributed by atoms with E-state index >= 15 is 0 Å². The van der Waals surface area contributed by atoms with Gasteiger partial charge in [-0.15, -0.1) is 11.8 Å². The van der Waals surface area contributed by atoms with Gasteiger partial charge in [0, 0.05) is 11.8 Å². The summed E-state index contributed by atoms with van der Waals surface area (Å²) >= 11 is 2.18. The third-order valence-electron chi connectivity index (χ3n) is 4.79. The average molecular weight is 255 g/mol. The number of rotatable bonds is 2. The molecule has 0 amide bonds. The van der Waals surface area contributed by atoms with E-state index in [9.17, 15) is 0 Å². The Morgan fingerprint density at radius 3 is 2.24 bits per heavy atom. The van der Waals surface area contributed by atoms with Crippen LogP contribution in [0.3, 0.4) is 0 Å². The lowest BCUT2D eigenvalue weighted by molar-refractivity contribution is 0.145. The second-order valence-corrected chi connectivity index (χ2v) is 8.18. The molecule has 2 heteroatoms. The Bertz CT molecular complexity index is 238. The lowest BCUT2D eigenvalue weighted by Gasteiger charge is -2.38. The van der Waals surface area contributed by atoms with Gasteiger partial charge in [-0.1, -0.05) is 27.7 Å². The highest BCUT2D eigenvalue weighted by atomic mass is 32.2. The second kappa shape index (κ2) is 5.52. The summed E-state index contributed by atoms with van der Waals surface area (Å²) in [5.41, 5.74) is 0.521. The van der Waals surface area contributed by atoms with Gasteiger partial charge < -0.3 is 5.32 Å². The Balaban J connectivity index is 1.80. The van der Waals surface area contributed by atoms with Gasteiger partial charge in [0.2, 0.25) is 0 Å². The molecule has 0 bridgehead atoms. The van der Waals surface area contributed by atoms with Gasteiger partial charge in [-0.2, -0.15) is 0 Å². The molecule has 0 spiro atoms. The fraction of sp³-hybridized carbons (Fsp3) is 1.00. The molecule has 2 atom stereocenters. The van der Waals surface area contributed by atoms with Crippen LogP contribution in [0, 0.1) is 17.3 Å². The third kappa shape index (κ3) is 3.41. The maximum absolute atomic E-state index is 3.83. The second-order valence-electron chi connectivity index (χ2n) is 7.00. The summed E-state index contributed by atoms with van der Waals surface area (Å²) in [6.45, 7) is 9.53. The van der Waals surface area contributed by atoms with Crippen molar-refractivity contribution in [2.24, 2.45) is 17.3 Å². The van der Waals surface area contributed by atoms with Crippen molar-refractivity contribution in [3.05, 3.63) is 0 Å². The Kier molecular flexibility index (Phi) is 4.46. The van der Waals surface area contributed by atoms with Crippen LogP contribution in [0.25, 0.3) is 0 Å². The largest absolute Gasteiger partial charge is 0.301 e. The molecule has 1 N–H and O–H groups in total. The number of nitrogens with one attached hydrogen (secondary N) is 1. The zero-order valence-corrected chi connectivity index (χ0v) is 12.8. The summed E-state index contributed by atoms with van der Waals surface area (Å²) in [5.74, 6) is 3.22. The molecular weight excluding hydrogens is 226 g/mol. The molecule has 1 saturated heterocycles. The van der Waals surface area contributed by atoms with E-state index in [4.69, 9.17) is 0 Å². The molecule has 1 saturated carbocycles. The van der Waals surface area contributed by atoms with Gasteiger partial charge in [0.25, 0.3) is 0 Å². The average Bonchev–Trinajstić information content (AvgIpc) is 2.76. The van der Waals surface area contributed by atoms with E-state index in [1.807, 2.05) is 0 Å². The zero-order chi connectivity index (χ0) is 12.5. The first kappa shape index (κ1) is 13.7. The third-order valence-corrected chi connectivity index (χ3v) is 6.27. The van der Waals surface area contributed by atoms with Crippen molar-refractivity contribution in [3.63, 3.8) is 0 Å². The first-order chi connectivity index (χ1) is 8.00. The topological polar surface area (TPSA) is 12.0 Å². The summed E-state index contributed by atoms with van der Waals surface area (Å²) in [4.78, 5) is 0. The standard InChI is InChI=1S/C15H29NS/c1-5-13-10-17-14(16-13)11-6-8-12(9-7-11)15(2,3)4/h11-14,16H,5-10H2,1-4H3. The lowest BCUT2D eigenvalue weighted by Crippen LogP contribution is -2.37. The predicted octanol–water partition coefficient (Wildman–Crippen LogP) is 4.28. The van der Waals surface area contributed by atoms with Crippen molar-refractivity contribution in [2.75, 3.05) is 5.75 Å². The molecule has 2 fully saturated rings. The van der Waals surface area contributed by atoms with Crippen LogP contribution in [0.1, 0.15) is 59.8 Å². The normalized spacial score (nSPS) is 39.5. The van der Waals surface area contributed by atoms with E-state index in [0.29, 0.717) is 5.41 Å². The van der Waals surface area contributed by atoms with Crippen LogP contribution in [0.4, 0.5) is 0 Å². The fourth-order valence-electron chi connectivity index (χ4n) is 3.34. The van der Waals surface area contributed by atoms with Gasteiger partial charge in [-0.3, -0.25) is 0 Å². The Morgan fingerprint density at radius 2 is 1.76 bits per heavy atom. The minimum Gasteiger partial charge on any atom is -0.301 e. The Labute approximate surface area is 112 Å². The smallest absolute Gasteiger partial charge is 0.0563 e. The number of hydrogen-bond acceptors (Lipinski definition) is 2. The minimum absolute atomic E-state index is 0.521. The van der Waals surface area contributed by atoms with Crippen LogP contribution in [0.15, 0.2) is 0 Å². The number of thioether (sulfide) groups is 1. The van der Waals surface area contributed by atoms with E-state index < -0.39 is 0 Å². The molecule has 2 unspecified atom stereocenters. The van der Waals surface area contributed by atoms with Gasteiger partial charge in [-0.25, -0.2) is 0 Å². The van der Waals surface area contributed by atoms with Crippen molar-refractivity contribution in [3.8, 4) is 0 Å². The van der Waals surface area contributed by atoms with Crippen LogP contribution >= 0.6 is 11.8 Å². The highest BCUT2D eigenvalue weighted by Crippen LogP contribution is 2.43. The monoisotopic (exact) mass is 255 g/mol. The molecule has 2 rings (SSSR count).